The lowest BCUT2D eigenvalue weighted by molar-refractivity contribution is 0.131. The van der Waals surface area contributed by atoms with Gasteiger partial charge in [0, 0.05) is 12.4 Å². The van der Waals surface area contributed by atoms with E-state index in [1.165, 1.54) is 0 Å². The van der Waals surface area contributed by atoms with Crippen LogP contribution in [0.2, 0.25) is 0 Å². The van der Waals surface area contributed by atoms with Crippen molar-refractivity contribution in [3.05, 3.63) is 29.7 Å². The molecular formula is C14H18FNO. The molecular weight excluding hydrogens is 217 g/mol. The fraction of sp³-hybridized carbons (Fsp3) is 0.429. The molecule has 2 aromatic rings. The highest BCUT2D eigenvalue weighted by atomic mass is 19.1. The number of aromatic nitrogens is 1. The molecule has 0 aliphatic heterocycles. The fourth-order valence-electron chi connectivity index (χ4n) is 1.92. The van der Waals surface area contributed by atoms with Crippen LogP contribution in [0.4, 0.5) is 4.39 Å². The van der Waals surface area contributed by atoms with Crippen LogP contribution in [0.5, 0.6) is 5.75 Å². The third kappa shape index (κ3) is 2.14. The molecule has 0 aliphatic rings. The summed E-state index contributed by atoms with van der Waals surface area (Å²) < 4.78 is 21.5. The van der Waals surface area contributed by atoms with Crippen LogP contribution in [0, 0.1) is 12.7 Å². The lowest BCUT2D eigenvalue weighted by Gasteiger charge is -2.21. The van der Waals surface area contributed by atoms with E-state index in [0.717, 1.165) is 5.52 Å². The third-order valence-electron chi connectivity index (χ3n) is 2.81. The summed E-state index contributed by atoms with van der Waals surface area (Å²) in [5.41, 5.74) is 1.27. The molecule has 0 spiro atoms. The highest BCUT2D eigenvalue weighted by molar-refractivity contribution is 5.83. The van der Waals surface area contributed by atoms with Gasteiger partial charge in [-0.1, -0.05) is 0 Å². The number of aryl methyl sites for hydroxylation is 1. The van der Waals surface area contributed by atoms with Crippen LogP contribution in [0.3, 0.4) is 0 Å². The van der Waals surface area contributed by atoms with Gasteiger partial charge in [0.15, 0.2) is 5.82 Å². The first-order valence-corrected chi connectivity index (χ1v) is 5.73. The van der Waals surface area contributed by atoms with Gasteiger partial charge in [0.1, 0.15) is 11.4 Å². The van der Waals surface area contributed by atoms with E-state index < -0.39 is 0 Å². The van der Waals surface area contributed by atoms with Gasteiger partial charge in [0.2, 0.25) is 0 Å². The minimum absolute atomic E-state index is 0.165. The van der Waals surface area contributed by atoms with Crippen LogP contribution in [0.25, 0.3) is 10.9 Å². The number of benzene rings is 1. The summed E-state index contributed by atoms with van der Waals surface area (Å²) in [6.07, 6.45) is 0. The Hall–Kier alpha value is -1.51. The Morgan fingerprint density at radius 3 is 2.47 bits per heavy atom. The van der Waals surface area contributed by atoms with Crippen molar-refractivity contribution in [2.24, 2.45) is 7.05 Å². The maximum atomic E-state index is 14.0. The van der Waals surface area contributed by atoms with Crippen LogP contribution < -0.4 is 4.74 Å². The van der Waals surface area contributed by atoms with Gasteiger partial charge in [-0.2, -0.15) is 0 Å². The minimum Gasteiger partial charge on any atom is -0.488 e. The Labute approximate surface area is 101 Å². The van der Waals surface area contributed by atoms with Crippen molar-refractivity contribution >= 4 is 10.9 Å². The van der Waals surface area contributed by atoms with E-state index in [9.17, 15) is 4.39 Å². The molecule has 3 heteroatoms. The van der Waals surface area contributed by atoms with Gasteiger partial charge in [0.05, 0.1) is 11.2 Å². The van der Waals surface area contributed by atoms with Crippen molar-refractivity contribution in [3.8, 4) is 5.75 Å². The number of hydrogen-bond acceptors (Lipinski definition) is 1. The molecule has 0 N–H and O–H groups in total. The van der Waals surface area contributed by atoms with Crippen LogP contribution in [0.15, 0.2) is 18.2 Å². The molecule has 0 amide bonds. The molecule has 1 heterocycles. The standard InChI is InChI=1S/C14H18FNO/c1-9-13(15)11-8-10(17-14(2,3)4)6-7-12(11)16(9)5/h6-8H,1-5H3. The topological polar surface area (TPSA) is 14.2 Å². The zero-order valence-corrected chi connectivity index (χ0v) is 11.0. The van der Waals surface area contributed by atoms with Gasteiger partial charge in [-0.3, -0.25) is 0 Å². The Morgan fingerprint density at radius 1 is 1.24 bits per heavy atom. The molecule has 0 atom stereocenters. The summed E-state index contributed by atoms with van der Waals surface area (Å²) in [4.78, 5) is 0. The highest BCUT2D eigenvalue weighted by Crippen LogP contribution is 2.28. The second-order valence-electron chi connectivity index (χ2n) is 5.35. The van der Waals surface area contributed by atoms with Crippen LogP contribution in [0.1, 0.15) is 26.5 Å². The van der Waals surface area contributed by atoms with Crippen LogP contribution >= 0.6 is 0 Å². The molecule has 0 aliphatic carbocycles. The molecule has 2 rings (SSSR count). The van der Waals surface area contributed by atoms with E-state index in [4.69, 9.17) is 4.74 Å². The highest BCUT2D eigenvalue weighted by Gasteiger charge is 2.15. The number of nitrogens with zero attached hydrogens (tertiary/aromatic N) is 1. The Balaban J connectivity index is 2.55. The van der Waals surface area contributed by atoms with Gasteiger partial charge >= 0.3 is 0 Å². The number of rotatable bonds is 1. The molecule has 0 saturated heterocycles. The lowest BCUT2D eigenvalue weighted by atomic mass is 10.2. The predicted octanol–water partition coefficient (Wildman–Crippen LogP) is 3.80. The molecule has 17 heavy (non-hydrogen) atoms. The molecule has 0 fully saturated rings. The number of ether oxygens (including phenoxy) is 1. The summed E-state index contributed by atoms with van der Waals surface area (Å²) in [5, 5.41) is 0.617. The molecule has 0 unspecified atom stereocenters. The number of hydrogen-bond donors (Lipinski definition) is 0. The van der Waals surface area contributed by atoms with Crippen LogP contribution in [-0.2, 0) is 7.05 Å². The summed E-state index contributed by atoms with van der Waals surface area (Å²) >= 11 is 0. The maximum absolute atomic E-state index is 14.0. The molecule has 0 bridgehead atoms. The normalized spacial score (nSPS) is 12.1. The Morgan fingerprint density at radius 2 is 1.88 bits per heavy atom. The molecule has 1 aromatic heterocycles. The number of halogens is 1. The van der Waals surface area contributed by atoms with Crippen molar-refractivity contribution in [1.29, 1.82) is 0 Å². The fourth-order valence-corrected chi connectivity index (χ4v) is 1.92. The van der Waals surface area contributed by atoms with Crippen molar-refractivity contribution in [3.63, 3.8) is 0 Å². The van der Waals surface area contributed by atoms with Crippen LogP contribution in [-0.4, -0.2) is 10.2 Å². The summed E-state index contributed by atoms with van der Waals surface area (Å²) in [5.74, 6) is 0.538. The van der Waals surface area contributed by atoms with E-state index in [-0.39, 0.29) is 11.4 Å². The summed E-state index contributed by atoms with van der Waals surface area (Å²) in [6, 6.07) is 5.54. The molecule has 2 nitrogen and oxygen atoms in total. The van der Waals surface area contributed by atoms with Crippen molar-refractivity contribution in [2.45, 2.75) is 33.3 Å². The van der Waals surface area contributed by atoms with E-state index in [1.54, 1.807) is 13.0 Å². The second kappa shape index (κ2) is 3.76. The van der Waals surface area contributed by atoms with E-state index in [1.807, 2.05) is 44.5 Å². The van der Waals surface area contributed by atoms with Gasteiger partial charge < -0.3 is 9.30 Å². The van der Waals surface area contributed by atoms with Gasteiger partial charge in [0.25, 0.3) is 0 Å². The smallest absolute Gasteiger partial charge is 0.151 e. The molecule has 0 saturated carbocycles. The van der Waals surface area contributed by atoms with Gasteiger partial charge in [-0.05, 0) is 45.9 Å². The lowest BCUT2D eigenvalue weighted by Crippen LogP contribution is -2.22. The minimum atomic E-state index is -0.270. The largest absolute Gasteiger partial charge is 0.488 e. The van der Waals surface area contributed by atoms with E-state index >= 15 is 0 Å². The summed E-state index contributed by atoms with van der Waals surface area (Å²) in [6.45, 7) is 7.71. The first-order chi connectivity index (χ1) is 7.79. The predicted molar refractivity (Wildman–Crippen MR) is 68.0 cm³/mol. The summed E-state index contributed by atoms with van der Waals surface area (Å²) in [7, 11) is 1.87. The quantitative estimate of drug-likeness (QED) is 0.733. The van der Waals surface area contributed by atoms with Crippen molar-refractivity contribution in [1.82, 2.24) is 4.57 Å². The average Bonchev–Trinajstić information content (AvgIpc) is 2.42. The first kappa shape index (κ1) is 12.0. The van der Waals surface area contributed by atoms with E-state index in [2.05, 4.69) is 0 Å². The maximum Gasteiger partial charge on any atom is 0.151 e. The Kier molecular flexibility index (Phi) is 2.64. The zero-order chi connectivity index (χ0) is 12.8. The Bertz CT molecular complexity index is 564. The van der Waals surface area contributed by atoms with Crippen molar-refractivity contribution < 1.29 is 9.13 Å². The SMILES string of the molecule is Cc1c(F)c2cc(OC(C)(C)C)ccc2n1C. The molecule has 0 radical (unpaired) electrons. The first-order valence-electron chi connectivity index (χ1n) is 5.73. The monoisotopic (exact) mass is 235 g/mol. The van der Waals surface area contributed by atoms with Gasteiger partial charge in [-0.15, -0.1) is 0 Å². The molecule has 1 aromatic carbocycles. The van der Waals surface area contributed by atoms with Crippen molar-refractivity contribution in [2.75, 3.05) is 0 Å². The molecule has 92 valence electrons. The second-order valence-corrected chi connectivity index (χ2v) is 5.35. The average molecular weight is 235 g/mol. The third-order valence-corrected chi connectivity index (χ3v) is 2.81. The van der Waals surface area contributed by atoms with Gasteiger partial charge in [-0.25, -0.2) is 4.39 Å². The van der Waals surface area contributed by atoms with E-state index in [0.29, 0.717) is 16.8 Å². The zero-order valence-electron chi connectivity index (χ0n) is 11.0. The number of fused-ring (bicyclic) bond motifs is 1.